The smallest absolute Gasteiger partial charge is 0.443 e. The van der Waals surface area contributed by atoms with Crippen LogP contribution in [0.25, 0.3) is 0 Å². The zero-order valence-corrected chi connectivity index (χ0v) is 16.9. The normalized spacial score (nSPS) is 19.3. The summed E-state index contributed by atoms with van der Waals surface area (Å²) < 4.78 is 43.0. The highest BCUT2D eigenvalue weighted by molar-refractivity contribution is 7.90. The largest absolute Gasteiger partial charge is 0.496 e. The molecule has 0 saturated carbocycles. The molecule has 1 aliphatic rings. The molecular formula is C16H25BN2O6S. The van der Waals surface area contributed by atoms with Crippen LogP contribution in [0.2, 0.25) is 0 Å². The lowest BCUT2D eigenvalue weighted by atomic mass is 9.80. The summed E-state index contributed by atoms with van der Waals surface area (Å²) in [6.07, 6.45) is 0.292. The molecule has 1 aromatic rings. The molecule has 0 bridgehead atoms. The summed E-state index contributed by atoms with van der Waals surface area (Å²) >= 11 is 0. The molecule has 26 heavy (non-hydrogen) atoms. The van der Waals surface area contributed by atoms with Gasteiger partial charge in [0.25, 0.3) is 10.0 Å². The molecule has 2 rings (SSSR count). The lowest BCUT2D eigenvalue weighted by molar-refractivity contribution is 0.00578. The summed E-state index contributed by atoms with van der Waals surface area (Å²) in [5, 5.41) is -0.302. The summed E-state index contributed by atoms with van der Waals surface area (Å²) in [5.74, 6) is 0. The molecule has 2 heterocycles. The quantitative estimate of drug-likeness (QED) is 0.790. The second kappa shape index (κ2) is 6.51. The van der Waals surface area contributed by atoms with Crippen molar-refractivity contribution in [3.63, 3.8) is 0 Å². The van der Waals surface area contributed by atoms with E-state index >= 15 is 0 Å². The number of carbonyl (C=O) groups is 1. The van der Waals surface area contributed by atoms with Gasteiger partial charge in [0.15, 0.2) is 5.03 Å². The second-order valence-electron chi connectivity index (χ2n) is 8.13. The van der Waals surface area contributed by atoms with Gasteiger partial charge in [0.2, 0.25) is 0 Å². The van der Waals surface area contributed by atoms with E-state index in [1.165, 1.54) is 12.3 Å². The molecule has 0 atom stereocenters. The Bertz CT molecular complexity index is 768. The first-order valence-electron chi connectivity index (χ1n) is 8.20. The average Bonchev–Trinajstić information content (AvgIpc) is 2.65. The first kappa shape index (κ1) is 20.7. The maximum absolute atomic E-state index is 12.2. The number of rotatable bonds is 3. The minimum atomic E-state index is -4.14. The Morgan fingerprint density at radius 2 is 1.69 bits per heavy atom. The molecule has 0 spiro atoms. The fourth-order valence-electron chi connectivity index (χ4n) is 2.13. The molecule has 10 heteroatoms. The van der Waals surface area contributed by atoms with Crippen molar-refractivity contribution in [3.8, 4) is 0 Å². The molecule has 1 aliphatic heterocycles. The van der Waals surface area contributed by atoms with Gasteiger partial charge in [-0.3, -0.25) is 0 Å². The maximum atomic E-state index is 12.2. The molecule has 1 amide bonds. The number of hydrogen-bond donors (Lipinski definition) is 1. The van der Waals surface area contributed by atoms with Crippen LogP contribution in [0.1, 0.15) is 48.5 Å². The number of hydrogen-bond acceptors (Lipinski definition) is 7. The van der Waals surface area contributed by atoms with Crippen LogP contribution in [0.15, 0.2) is 23.4 Å². The minimum absolute atomic E-state index is 0.302. The van der Waals surface area contributed by atoms with Gasteiger partial charge in [-0.05, 0) is 54.5 Å². The van der Waals surface area contributed by atoms with Crippen LogP contribution in [0.3, 0.4) is 0 Å². The monoisotopic (exact) mass is 384 g/mol. The number of nitrogens with one attached hydrogen (secondary N) is 1. The van der Waals surface area contributed by atoms with Gasteiger partial charge in [-0.25, -0.2) is 14.5 Å². The predicted octanol–water partition coefficient (Wildman–Crippen LogP) is 1.59. The van der Waals surface area contributed by atoms with Crippen LogP contribution in [-0.2, 0) is 24.1 Å². The van der Waals surface area contributed by atoms with E-state index in [0.717, 1.165) is 0 Å². The fraction of sp³-hybridized carbons (Fsp3) is 0.625. The van der Waals surface area contributed by atoms with Gasteiger partial charge >= 0.3 is 13.2 Å². The molecule has 0 unspecified atom stereocenters. The molecule has 1 saturated heterocycles. The van der Waals surface area contributed by atoms with E-state index in [9.17, 15) is 13.2 Å². The second-order valence-corrected chi connectivity index (χ2v) is 9.75. The van der Waals surface area contributed by atoms with Gasteiger partial charge in [0.05, 0.1) is 11.2 Å². The van der Waals surface area contributed by atoms with E-state index in [0.29, 0.717) is 5.46 Å². The molecule has 0 aliphatic carbocycles. The third kappa shape index (κ3) is 4.55. The highest BCUT2D eigenvalue weighted by atomic mass is 32.2. The highest BCUT2D eigenvalue weighted by Crippen LogP contribution is 2.36. The van der Waals surface area contributed by atoms with Crippen LogP contribution >= 0.6 is 0 Å². The molecule has 0 radical (unpaired) electrons. The van der Waals surface area contributed by atoms with Crippen molar-refractivity contribution in [2.75, 3.05) is 0 Å². The van der Waals surface area contributed by atoms with Gasteiger partial charge in [-0.15, -0.1) is 0 Å². The van der Waals surface area contributed by atoms with Gasteiger partial charge in [-0.1, -0.05) is 6.07 Å². The zero-order chi connectivity index (χ0) is 20.0. The third-order valence-corrected chi connectivity index (χ3v) is 5.40. The van der Waals surface area contributed by atoms with Crippen molar-refractivity contribution in [2.45, 2.75) is 70.3 Å². The van der Waals surface area contributed by atoms with Gasteiger partial charge in [0.1, 0.15) is 5.60 Å². The van der Waals surface area contributed by atoms with Crippen molar-refractivity contribution in [2.24, 2.45) is 0 Å². The van der Waals surface area contributed by atoms with Crippen molar-refractivity contribution >= 4 is 28.7 Å². The van der Waals surface area contributed by atoms with Crippen molar-refractivity contribution in [3.05, 3.63) is 18.3 Å². The molecule has 8 nitrogen and oxygen atoms in total. The zero-order valence-electron chi connectivity index (χ0n) is 16.1. The number of carbonyl (C=O) groups excluding carboxylic acids is 1. The van der Waals surface area contributed by atoms with Crippen molar-refractivity contribution in [1.29, 1.82) is 0 Å². The van der Waals surface area contributed by atoms with Crippen LogP contribution < -0.4 is 10.2 Å². The Hall–Kier alpha value is -1.65. The molecule has 1 fully saturated rings. The summed E-state index contributed by atoms with van der Waals surface area (Å²) in [6.45, 7) is 12.6. The maximum Gasteiger partial charge on any atom is 0.496 e. The molecule has 1 aromatic heterocycles. The lowest BCUT2D eigenvalue weighted by Gasteiger charge is -2.32. The Labute approximate surface area is 154 Å². The SMILES string of the molecule is CC(C)(C)OC(=O)NS(=O)(=O)c1ccc(B2OC(C)(C)C(C)(C)O2)cn1. The summed E-state index contributed by atoms with van der Waals surface area (Å²) in [7, 11) is -4.79. The summed E-state index contributed by atoms with van der Waals surface area (Å²) in [6, 6.07) is 2.83. The number of aromatic nitrogens is 1. The van der Waals surface area contributed by atoms with Crippen LogP contribution in [-0.4, -0.2) is 43.4 Å². The first-order chi connectivity index (χ1) is 11.6. The Balaban J connectivity index is 2.13. The first-order valence-corrected chi connectivity index (χ1v) is 9.69. The number of ether oxygens (including phenoxy) is 1. The molecule has 1 N–H and O–H groups in total. The number of nitrogens with zero attached hydrogens (tertiary/aromatic N) is 1. The van der Waals surface area contributed by atoms with Crippen LogP contribution in [0.4, 0.5) is 4.79 Å². The lowest BCUT2D eigenvalue weighted by Crippen LogP contribution is -2.41. The van der Waals surface area contributed by atoms with E-state index < -0.39 is 40.0 Å². The minimum Gasteiger partial charge on any atom is -0.443 e. The predicted molar refractivity (Wildman–Crippen MR) is 96.5 cm³/mol. The Morgan fingerprint density at radius 3 is 2.12 bits per heavy atom. The standard InChI is InChI=1S/C16H25BN2O6S/c1-14(2,3)23-13(20)19-26(21,22)12-9-8-11(10-18-12)17-24-15(4,5)16(6,7)25-17/h8-10H,1-7H3,(H,19,20). The van der Waals surface area contributed by atoms with Gasteiger partial charge in [-0.2, -0.15) is 8.42 Å². The van der Waals surface area contributed by atoms with Crippen LogP contribution in [0, 0.1) is 0 Å². The highest BCUT2D eigenvalue weighted by Gasteiger charge is 2.51. The van der Waals surface area contributed by atoms with E-state index in [-0.39, 0.29) is 5.03 Å². The number of sulfonamides is 1. The van der Waals surface area contributed by atoms with E-state index in [1.807, 2.05) is 32.4 Å². The fourth-order valence-corrected chi connectivity index (χ4v) is 2.93. The van der Waals surface area contributed by atoms with Crippen molar-refractivity contribution < 1.29 is 27.3 Å². The van der Waals surface area contributed by atoms with Gasteiger partial charge in [0, 0.05) is 11.7 Å². The summed E-state index contributed by atoms with van der Waals surface area (Å²) in [4.78, 5) is 15.6. The van der Waals surface area contributed by atoms with E-state index in [1.54, 1.807) is 26.8 Å². The third-order valence-electron chi connectivity index (χ3n) is 4.18. The summed E-state index contributed by atoms with van der Waals surface area (Å²) in [5.41, 5.74) is -1.26. The van der Waals surface area contributed by atoms with Gasteiger partial charge < -0.3 is 14.0 Å². The Kier molecular flexibility index (Phi) is 5.17. The molecule has 0 aromatic carbocycles. The van der Waals surface area contributed by atoms with Crippen molar-refractivity contribution in [1.82, 2.24) is 9.71 Å². The molecular weight excluding hydrogens is 359 g/mol. The van der Waals surface area contributed by atoms with Crippen LogP contribution in [0.5, 0.6) is 0 Å². The average molecular weight is 384 g/mol. The van der Waals surface area contributed by atoms with E-state index in [2.05, 4.69) is 4.98 Å². The Morgan fingerprint density at radius 1 is 1.15 bits per heavy atom. The molecule has 144 valence electrons. The number of amides is 1. The van der Waals surface area contributed by atoms with E-state index in [4.69, 9.17) is 14.0 Å². The topological polar surface area (TPSA) is 104 Å². The number of pyridine rings is 1.